The second-order valence-electron chi connectivity index (χ2n) is 5.25. The molecule has 0 fully saturated rings. The number of methoxy groups -OCH3 is 1. The third-order valence-electron chi connectivity index (χ3n) is 3.44. The van der Waals surface area contributed by atoms with Gasteiger partial charge in [-0.3, -0.25) is 4.99 Å². The Morgan fingerprint density at radius 1 is 0.917 bits per heavy atom. The zero-order chi connectivity index (χ0) is 17.0. The highest BCUT2D eigenvalue weighted by Gasteiger charge is 2.01. The number of nitrogens with one attached hydrogen (secondary N) is 2. The molecule has 0 heterocycles. The first-order valence-electron chi connectivity index (χ1n) is 8.01. The lowest BCUT2D eigenvalue weighted by Crippen LogP contribution is -2.36. The molecule has 2 rings (SSSR count). The molecule has 0 aliphatic carbocycles. The van der Waals surface area contributed by atoms with Gasteiger partial charge in [-0.15, -0.1) is 0 Å². The van der Waals surface area contributed by atoms with Crippen molar-refractivity contribution in [3.8, 4) is 5.75 Å². The summed E-state index contributed by atoms with van der Waals surface area (Å²) in [6, 6.07) is 18.2. The van der Waals surface area contributed by atoms with E-state index in [0.717, 1.165) is 23.8 Å². The average molecular weight is 327 g/mol. The first kappa shape index (κ1) is 17.8. The maximum absolute atomic E-state index is 5.63. The van der Waals surface area contributed by atoms with Crippen LogP contribution in [0.15, 0.2) is 59.6 Å². The zero-order valence-corrected chi connectivity index (χ0v) is 14.3. The monoisotopic (exact) mass is 327 g/mol. The standard InChI is InChI=1S/C19H25N3O2/c1-20-19(21-14-16-7-4-3-5-8-16)22-15-17-9-6-10-18(13-17)24-12-11-23-2/h3-10,13H,11-12,14-15H2,1-2H3,(H2,20,21,22). The smallest absolute Gasteiger partial charge is 0.191 e. The molecule has 0 aliphatic rings. The minimum absolute atomic E-state index is 0.549. The number of aliphatic imine (C=N–C) groups is 1. The van der Waals surface area contributed by atoms with E-state index in [1.165, 1.54) is 5.56 Å². The fourth-order valence-corrected chi connectivity index (χ4v) is 2.18. The first-order valence-corrected chi connectivity index (χ1v) is 8.01. The molecule has 5 heteroatoms. The molecule has 0 spiro atoms. The highest BCUT2D eigenvalue weighted by molar-refractivity contribution is 5.79. The van der Waals surface area contributed by atoms with Crippen molar-refractivity contribution in [2.45, 2.75) is 13.1 Å². The van der Waals surface area contributed by atoms with Gasteiger partial charge in [-0.2, -0.15) is 0 Å². The molecule has 2 N–H and O–H groups in total. The Morgan fingerprint density at radius 2 is 1.62 bits per heavy atom. The number of hydrogen-bond acceptors (Lipinski definition) is 3. The normalized spacial score (nSPS) is 11.2. The van der Waals surface area contributed by atoms with Crippen molar-refractivity contribution in [3.63, 3.8) is 0 Å². The van der Waals surface area contributed by atoms with E-state index in [0.29, 0.717) is 19.8 Å². The van der Waals surface area contributed by atoms with Gasteiger partial charge in [-0.1, -0.05) is 42.5 Å². The molecular formula is C19H25N3O2. The second-order valence-corrected chi connectivity index (χ2v) is 5.25. The van der Waals surface area contributed by atoms with Crippen molar-refractivity contribution in [2.24, 2.45) is 4.99 Å². The van der Waals surface area contributed by atoms with Crippen molar-refractivity contribution in [1.29, 1.82) is 0 Å². The lowest BCUT2D eigenvalue weighted by molar-refractivity contribution is 0.146. The number of nitrogens with zero attached hydrogens (tertiary/aromatic N) is 1. The van der Waals surface area contributed by atoms with Crippen LogP contribution in [0.25, 0.3) is 0 Å². The lowest BCUT2D eigenvalue weighted by Gasteiger charge is -2.13. The van der Waals surface area contributed by atoms with Crippen LogP contribution in [0.3, 0.4) is 0 Å². The van der Waals surface area contributed by atoms with Crippen LogP contribution in [-0.4, -0.2) is 33.3 Å². The van der Waals surface area contributed by atoms with Gasteiger partial charge in [0.25, 0.3) is 0 Å². The molecule has 0 bridgehead atoms. The predicted molar refractivity (Wildman–Crippen MR) is 97.3 cm³/mol. The van der Waals surface area contributed by atoms with Crippen LogP contribution in [0.5, 0.6) is 5.75 Å². The van der Waals surface area contributed by atoms with Gasteiger partial charge in [0.15, 0.2) is 5.96 Å². The van der Waals surface area contributed by atoms with Gasteiger partial charge < -0.3 is 20.1 Å². The summed E-state index contributed by atoms with van der Waals surface area (Å²) in [5, 5.41) is 6.61. The highest BCUT2D eigenvalue weighted by Crippen LogP contribution is 2.13. The largest absolute Gasteiger partial charge is 0.491 e. The summed E-state index contributed by atoms with van der Waals surface area (Å²) >= 11 is 0. The van der Waals surface area contributed by atoms with Crippen molar-refractivity contribution in [2.75, 3.05) is 27.4 Å². The molecule has 0 unspecified atom stereocenters. The Hall–Kier alpha value is -2.53. The van der Waals surface area contributed by atoms with Gasteiger partial charge in [-0.25, -0.2) is 0 Å². The van der Waals surface area contributed by atoms with E-state index >= 15 is 0 Å². The average Bonchev–Trinajstić information content (AvgIpc) is 2.63. The summed E-state index contributed by atoms with van der Waals surface area (Å²) in [6.45, 7) is 2.54. The Kier molecular flexibility index (Phi) is 7.63. The summed E-state index contributed by atoms with van der Waals surface area (Å²) in [4.78, 5) is 4.25. The summed E-state index contributed by atoms with van der Waals surface area (Å²) < 4.78 is 10.6. The molecule has 0 aliphatic heterocycles. The summed E-state index contributed by atoms with van der Waals surface area (Å²) in [5.41, 5.74) is 2.35. The van der Waals surface area contributed by atoms with E-state index in [9.17, 15) is 0 Å². The third kappa shape index (κ3) is 6.30. The maximum Gasteiger partial charge on any atom is 0.191 e. The molecule has 5 nitrogen and oxygen atoms in total. The van der Waals surface area contributed by atoms with Gasteiger partial charge >= 0.3 is 0 Å². The van der Waals surface area contributed by atoms with E-state index in [1.807, 2.05) is 36.4 Å². The van der Waals surface area contributed by atoms with Gasteiger partial charge in [0.05, 0.1) is 6.61 Å². The van der Waals surface area contributed by atoms with E-state index in [-0.39, 0.29) is 0 Å². The lowest BCUT2D eigenvalue weighted by atomic mass is 10.2. The van der Waals surface area contributed by atoms with Crippen LogP contribution in [0.4, 0.5) is 0 Å². The number of guanidine groups is 1. The van der Waals surface area contributed by atoms with Crippen LogP contribution in [0.2, 0.25) is 0 Å². The van der Waals surface area contributed by atoms with Crippen LogP contribution < -0.4 is 15.4 Å². The highest BCUT2D eigenvalue weighted by atomic mass is 16.5. The van der Waals surface area contributed by atoms with E-state index in [4.69, 9.17) is 9.47 Å². The molecule has 0 saturated heterocycles. The predicted octanol–water partition coefficient (Wildman–Crippen LogP) is 2.58. The van der Waals surface area contributed by atoms with Gasteiger partial charge in [-0.05, 0) is 23.3 Å². The second kappa shape index (κ2) is 10.3. The molecule has 24 heavy (non-hydrogen) atoms. The van der Waals surface area contributed by atoms with E-state index in [1.54, 1.807) is 14.2 Å². The van der Waals surface area contributed by atoms with Gasteiger partial charge in [0, 0.05) is 27.2 Å². The number of benzene rings is 2. The Bertz CT molecular complexity index is 630. The topological polar surface area (TPSA) is 54.9 Å². The Balaban J connectivity index is 1.81. The molecule has 0 atom stereocenters. The zero-order valence-electron chi connectivity index (χ0n) is 14.3. The molecular weight excluding hydrogens is 302 g/mol. The molecule has 0 saturated carbocycles. The van der Waals surface area contributed by atoms with Crippen molar-refractivity contribution >= 4 is 5.96 Å². The summed E-state index contributed by atoms with van der Waals surface area (Å²) in [7, 11) is 3.43. The van der Waals surface area contributed by atoms with Crippen LogP contribution in [-0.2, 0) is 17.8 Å². The number of hydrogen-bond donors (Lipinski definition) is 2. The molecule has 128 valence electrons. The molecule has 2 aromatic rings. The number of rotatable bonds is 8. The van der Waals surface area contributed by atoms with Crippen LogP contribution in [0, 0.1) is 0 Å². The van der Waals surface area contributed by atoms with E-state index in [2.05, 4.69) is 33.8 Å². The van der Waals surface area contributed by atoms with E-state index < -0.39 is 0 Å². The quantitative estimate of drug-likeness (QED) is 0.444. The number of ether oxygens (including phenoxy) is 2. The van der Waals surface area contributed by atoms with Gasteiger partial charge in [0.2, 0.25) is 0 Å². The summed E-state index contributed by atoms with van der Waals surface area (Å²) in [6.07, 6.45) is 0. The minimum Gasteiger partial charge on any atom is -0.491 e. The molecule has 0 aromatic heterocycles. The van der Waals surface area contributed by atoms with Gasteiger partial charge in [0.1, 0.15) is 12.4 Å². The summed E-state index contributed by atoms with van der Waals surface area (Å²) in [5.74, 6) is 1.61. The fraction of sp³-hybridized carbons (Fsp3) is 0.316. The molecule has 0 amide bonds. The molecule has 2 aromatic carbocycles. The fourth-order valence-electron chi connectivity index (χ4n) is 2.18. The van der Waals surface area contributed by atoms with Crippen LogP contribution in [0.1, 0.15) is 11.1 Å². The van der Waals surface area contributed by atoms with Crippen molar-refractivity contribution in [3.05, 3.63) is 65.7 Å². The Morgan fingerprint density at radius 3 is 2.33 bits per heavy atom. The molecule has 0 radical (unpaired) electrons. The SMILES string of the molecule is CN=C(NCc1ccccc1)NCc1cccc(OCCOC)c1. The Labute approximate surface area is 143 Å². The van der Waals surface area contributed by atoms with Crippen molar-refractivity contribution in [1.82, 2.24) is 10.6 Å². The van der Waals surface area contributed by atoms with Crippen LogP contribution >= 0.6 is 0 Å². The minimum atomic E-state index is 0.549. The van der Waals surface area contributed by atoms with Crippen molar-refractivity contribution < 1.29 is 9.47 Å². The maximum atomic E-state index is 5.63. The third-order valence-corrected chi connectivity index (χ3v) is 3.44. The first-order chi connectivity index (χ1) is 11.8.